The summed E-state index contributed by atoms with van der Waals surface area (Å²) >= 11 is 0. The number of rotatable bonds is 42. The molecule has 20 N–H and O–H groups in total. The van der Waals surface area contributed by atoms with E-state index in [1.165, 1.54) is 202 Å². The van der Waals surface area contributed by atoms with Crippen molar-refractivity contribution in [3.05, 3.63) is 180 Å². The molecule has 55 nitrogen and oxygen atoms in total. The molecule has 2 atom stereocenters. The van der Waals surface area contributed by atoms with Crippen molar-refractivity contribution >= 4 is 194 Å². The maximum Gasteiger partial charge on any atom is 0.292 e. The number of nitrogens with two attached hydrogens (primary N) is 1. The van der Waals surface area contributed by atoms with E-state index < -0.39 is 107 Å². The second-order valence-electron chi connectivity index (χ2n) is 33.4. The third-order valence-electron chi connectivity index (χ3n) is 21.4. The fourth-order valence-corrected chi connectivity index (χ4v) is 14.5. The van der Waals surface area contributed by atoms with Crippen molar-refractivity contribution in [1.29, 1.82) is 0 Å². The average molecular weight is 2030 g/mol. The Bertz CT molecular complexity index is 6950. The molecular formula is C87H109Cl2N37O18. The molecule has 0 aliphatic rings. The van der Waals surface area contributed by atoms with Gasteiger partial charge in [-0.25, -0.2) is 29.9 Å². The van der Waals surface area contributed by atoms with Gasteiger partial charge in [0.05, 0.1) is 52.7 Å². The van der Waals surface area contributed by atoms with Crippen molar-refractivity contribution in [3.8, 4) is 0 Å². The summed E-state index contributed by atoms with van der Waals surface area (Å²) in [5.41, 5.74) is 8.30. The summed E-state index contributed by atoms with van der Waals surface area (Å²) in [4.78, 5) is 251. The van der Waals surface area contributed by atoms with E-state index in [0.29, 0.717) is 12.2 Å². The van der Waals surface area contributed by atoms with Gasteiger partial charge in [0, 0.05) is 211 Å². The number of anilines is 12. The van der Waals surface area contributed by atoms with E-state index in [2.05, 4.69) is 120 Å². The molecule has 0 bridgehead atoms. The highest BCUT2D eigenvalue weighted by atomic mass is 35.5. The summed E-state index contributed by atoms with van der Waals surface area (Å²) in [6.07, 6.45) is 16.0. The number of hydrogen-bond donors (Lipinski definition) is 19. The molecule has 12 aromatic rings. The molecule has 12 heterocycles. The number of amides is 17. The lowest BCUT2D eigenvalue weighted by Crippen LogP contribution is -2.39. The lowest BCUT2D eigenvalue weighted by molar-refractivity contribution is -0.121. The van der Waals surface area contributed by atoms with Gasteiger partial charge in [-0.2, -0.15) is 0 Å². The first-order chi connectivity index (χ1) is 67.3. The number of imidazole rings is 6. The molecule has 764 valence electrons. The second-order valence-corrected chi connectivity index (χ2v) is 33.4. The minimum Gasteiger partial charge on any atom is -0.391 e. The number of hydrogen-bond acceptors (Lipinski definition) is 26. The van der Waals surface area contributed by atoms with Crippen LogP contribution in [0.25, 0.3) is 0 Å². The first-order valence-corrected chi connectivity index (χ1v) is 43.6. The van der Waals surface area contributed by atoms with Gasteiger partial charge < -0.3 is 161 Å². The van der Waals surface area contributed by atoms with Crippen LogP contribution in [0.3, 0.4) is 0 Å². The van der Waals surface area contributed by atoms with Gasteiger partial charge in [0.1, 0.15) is 34.2 Å². The van der Waals surface area contributed by atoms with Crippen LogP contribution in [0.5, 0.6) is 0 Å². The Morgan fingerprint density at radius 2 is 0.583 bits per heavy atom. The topological polar surface area (TPSA) is 681 Å². The Balaban J connectivity index is 0.0000106. The molecule has 0 unspecified atom stereocenters. The second kappa shape index (κ2) is 47.4. The van der Waals surface area contributed by atoms with E-state index >= 15 is 0 Å². The molecule has 0 fully saturated rings. The van der Waals surface area contributed by atoms with Crippen LogP contribution in [0.15, 0.2) is 111 Å². The van der Waals surface area contributed by atoms with Crippen LogP contribution in [-0.2, 0) is 109 Å². The number of carbonyl (C=O) groups is 17. The smallest absolute Gasteiger partial charge is 0.292 e. The molecule has 0 saturated carbocycles. The van der Waals surface area contributed by atoms with E-state index in [9.17, 15) is 86.6 Å². The maximum absolute atomic E-state index is 13.6. The van der Waals surface area contributed by atoms with E-state index in [1.54, 1.807) is 55.5 Å². The number of nitrogens with zero attached hydrogens (tertiary/aromatic N) is 19. The van der Waals surface area contributed by atoms with Crippen LogP contribution in [0.4, 0.5) is 69.0 Å². The highest BCUT2D eigenvalue weighted by Crippen LogP contribution is 2.26. The van der Waals surface area contributed by atoms with Gasteiger partial charge in [-0.15, -0.1) is 24.8 Å². The number of carbonyl (C=O) groups excluding carboxylic acids is 17. The molecule has 0 spiro atoms. The lowest BCUT2D eigenvalue weighted by atomic mass is 10.2. The monoisotopic (exact) mass is 2030 g/mol. The van der Waals surface area contributed by atoms with Crippen LogP contribution in [-0.4, -0.2) is 261 Å². The Morgan fingerprint density at radius 3 is 0.944 bits per heavy atom. The van der Waals surface area contributed by atoms with Gasteiger partial charge in [0.2, 0.25) is 64.5 Å². The Labute approximate surface area is 831 Å². The summed E-state index contributed by atoms with van der Waals surface area (Å²) in [6.45, 7) is 2.10. The molecule has 0 aromatic carbocycles. The predicted octanol–water partition coefficient (Wildman–Crippen LogP) is 1.09. The van der Waals surface area contributed by atoms with Crippen LogP contribution >= 0.6 is 24.8 Å². The Kier molecular flexibility index (Phi) is 35.7. The van der Waals surface area contributed by atoms with E-state index in [1.807, 2.05) is 19.0 Å². The highest BCUT2D eigenvalue weighted by Gasteiger charge is 2.30. The van der Waals surface area contributed by atoms with Crippen LogP contribution in [0.1, 0.15) is 166 Å². The number of aryl methyl sites for hydroxylation is 12. The molecule has 17 amide bonds. The zero-order valence-corrected chi connectivity index (χ0v) is 82.2. The number of aliphatic hydroxyl groups excluding tert-OH is 1. The summed E-state index contributed by atoms with van der Waals surface area (Å²) in [5.74, 6) is -10.7. The minimum atomic E-state index is -1.38. The molecule has 144 heavy (non-hydrogen) atoms. The van der Waals surface area contributed by atoms with Crippen LogP contribution in [0, 0.1) is 0 Å². The SMILES string of the molecule is CC(=O)Nc1cn(C)c(C(=O)Nc2cn(C)c(C(=O)Nc3cc(C(=O)Nc4cn(C)c(C(=O)NCCC(=O)Nc5cn(C)c(C(=O)Nc6cn(C)c(C(=O)NCC[C@@H](N)C(=O)Nc7cc(C(=O)Nc8cc(C(=O)NC[C@@H](O)CC(=O)Nc9cc(C(=O)Nc%10cn(C)c(C(=O)Nc%11cc(C(=O)Nc%12cc(C(=O)NCCC(=O)NCCCN(C)C)n(C)c%12)n(C)c%11)n%10)n(C)c9)n(C)c8)n(C)c7)n6)n5)n4)n(C)c3)n2)n1.Cl.Cl. The van der Waals surface area contributed by atoms with Gasteiger partial charge in [0.25, 0.3) is 70.9 Å². The summed E-state index contributed by atoms with van der Waals surface area (Å²) < 4.78 is 16.9. The van der Waals surface area contributed by atoms with E-state index in [0.717, 1.165) is 13.0 Å². The highest BCUT2D eigenvalue weighted by molar-refractivity contribution is 6.11. The van der Waals surface area contributed by atoms with Crippen molar-refractivity contribution < 1.29 is 86.6 Å². The number of aliphatic hydroxyl groups is 1. The summed E-state index contributed by atoms with van der Waals surface area (Å²) in [6, 6.07) is 7.30. The van der Waals surface area contributed by atoms with Crippen molar-refractivity contribution in [1.82, 2.24) is 116 Å². The van der Waals surface area contributed by atoms with Gasteiger partial charge >= 0.3 is 0 Å². The first-order valence-electron chi connectivity index (χ1n) is 43.6. The van der Waals surface area contributed by atoms with Crippen molar-refractivity contribution in [2.24, 2.45) is 90.3 Å². The molecule has 0 aliphatic heterocycles. The van der Waals surface area contributed by atoms with E-state index in [-0.39, 0.29) is 215 Å². The third kappa shape index (κ3) is 27.9. The molecule has 12 rings (SSSR count). The van der Waals surface area contributed by atoms with Crippen molar-refractivity contribution in [2.75, 3.05) is 117 Å². The van der Waals surface area contributed by atoms with Crippen molar-refractivity contribution in [3.63, 3.8) is 0 Å². The normalized spacial score (nSPS) is 11.3. The minimum absolute atomic E-state index is 0. The van der Waals surface area contributed by atoms with E-state index in [4.69, 9.17) is 5.73 Å². The van der Waals surface area contributed by atoms with Gasteiger partial charge in [0.15, 0.2) is 34.9 Å². The average Bonchev–Trinajstić information content (AvgIpc) is 1.67. The van der Waals surface area contributed by atoms with Gasteiger partial charge in [-0.3, -0.25) is 81.5 Å². The van der Waals surface area contributed by atoms with Crippen LogP contribution < -0.4 is 96.1 Å². The third-order valence-corrected chi connectivity index (χ3v) is 21.4. The zero-order chi connectivity index (χ0) is 103. The molecule has 0 aliphatic carbocycles. The fraction of sp³-hybridized carbons (Fsp3) is 0.322. The lowest BCUT2D eigenvalue weighted by Gasteiger charge is -2.12. The largest absolute Gasteiger partial charge is 0.391 e. The Hall–Kier alpha value is -17.6. The van der Waals surface area contributed by atoms with Gasteiger partial charge in [-0.1, -0.05) is 0 Å². The number of aromatic nitrogens is 18. The van der Waals surface area contributed by atoms with Crippen LogP contribution in [0.2, 0.25) is 0 Å². The fourth-order valence-electron chi connectivity index (χ4n) is 14.5. The maximum atomic E-state index is 13.6. The first kappa shape index (κ1) is 108. The molecular weight excluding hydrogens is 1920 g/mol. The Morgan fingerprint density at radius 1 is 0.306 bits per heavy atom. The summed E-state index contributed by atoms with van der Waals surface area (Å²) in [5, 5.41) is 55.8. The predicted molar refractivity (Wildman–Crippen MR) is 528 cm³/mol. The van der Waals surface area contributed by atoms with Gasteiger partial charge in [-0.05, 0) is 69.9 Å². The quantitative estimate of drug-likeness (QED) is 0.0238. The molecule has 0 saturated heterocycles. The molecule has 12 aromatic heterocycles. The number of halogens is 2. The van der Waals surface area contributed by atoms with Crippen molar-refractivity contribution in [2.45, 2.75) is 51.2 Å². The number of nitrogens with one attached hydrogen (secondary N) is 17. The molecule has 57 heteroatoms. The molecule has 0 radical (unpaired) electrons. The zero-order valence-electron chi connectivity index (χ0n) is 80.6. The standard InChI is InChI=1S/C87H107N37O18.2ClH/c1-45(125)94-60-39-121(12)73(102-60)86(141)111-65-44-124(15)72(107-65)85(140)100-51-30-59(118(9)38-51)81(136)108-62-41-119(10)70(104-62)83(138)92-23-19-67(128)101-61-40-122(13)74(103-61)87(142)110-64-43-120(11)69(105-64)82(137)91-21-17-53(88)75(130)96-47-28-56(116(7)34-47)78(133)98-49-27-55(114(5)36-49)77(132)93-32-52(126)31-68(129)95-46-25-58(115(6)33-46)80(135)109-63-42-123(14)71(106-63)84(139)99-50-29-57(117(8)37-50)79(134)97-48-26-54(113(4)35-48)76(131)90-22-18-66(127)89-20-16-24-112(2)3;;/h25-30,33-44,52-53,126H,16-24,31-32,88H2,1-15H3,(H,89,127)(H,90,131)(H,91,137)(H,92,138)(H,93,132)(H,94,125)(H,95,129)(H,96,130)(H,97,134)(H,98,133)(H,99,139)(H,100,140)(H,101,128)(H,108,136)(H,109,135)(H,110,142)(H,111,141);2*1H/t52-,53+;;/m0../s1. The summed E-state index contributed by atoms with van der Waals surface area (Å²) in [7, 11) is 22.5.